The Hall–Kier alpha value is -1.35. The minimum atomic E-state index is -0.307. The molecule has 0 saturated carbocycles. The summed E-state index contributed by atoms with van der Waals surface area (Å²) in [5, 5.41) is 12.8. The van der Waals surface area contributed by atoms with E-state index in [0.29, 0.717) is 12.1 Å². The molecule has 17 heavy (non-hydrogen) atoms. The Kier molecular flexibility index (Phi) is 4.15. The molecule has 0 unspecified atom stereocenters. The summed E-state index contributed by atoms with van der Waals surface area (Å²) in [6, 6.07) is 4.03. The van der Waals surface area contributed by atoms with Crippen molar-refractivity contribution < 1.29 is 9.50 Å². The summed E-state index contributed by atoms with van der Waals surface area (Å²) >= 11 is 0. The Morgan fingerprint density at radius 3 is 3.00 bits per heavy atom. The van der Waals surface area contributed by atoms with Gasteiger partial charge in [-0.05, 0) is 50.4 Å². The largest absolute Gasteiger partial charge is 0.508 e. The van der Waals surface area contributed by atoms with Crippen LogP contribution in [0.5, 0.6) is 5.75 Å². The highest BCUT2D eigenvalue weighted by atomic mass is 19.1. The average molecular weight is 235 g/mol. The maximum atomic E-state index is 13.0. The molecule has 0 saturated heterocycles. The first-order valence-electron chi connectivity index (χ1n) is 6.12. The number of phenols is 1. The third-order valence-electron chi connectivity index (χ3n) is 3.11. The predicted octanol–water partition coefficient (Wildman–Crippen LogP) is 3.12. The fourth-order valence-corrected chi connectivity index (χ4v) is 2.13. The molecule has 3 heteroatoms. The molecule has 0 aromatic heterocycles. The lowest BCUT2D eigenvalue weighted by atomic mass is 10.1. The van der Waals surface area contributed by atoms with Gasteiger partial charge in [0.25, 0.3) is 0 Å². The SMILES string of the molecule is Oc1ccc(F)cc1CNCCC1=CCCC1. The molecule has 0 atom stereocenters. The summed E-state index contributed by atoms with van der Waals surface area (Å²) in [6.45, 7) is 1.39. The van der Waals surface area contributed by atoms with Crippen molar-refractivity contribution in [1.82, 2.24) is 5.32 Å². The molecule has 0 spiro atoms. The normalized spacial score (nSPS) is 15.0. The highest BCUT2D eigenvalue weighted by molar-refractivity contribution is 5.32. The zero-order valence-electron chi connectivity index (χ0n) is 9.88. The lowest BCUT2D eigenvalue weighted by Gasteiger charge is -2.07. The fourth-order valence-electron chi connectivity index (χ4n) is 2.13. The number of aromatic hydroxyl groups is 1. The topological polar surface area (TPSA) is 32.3 Å². The van der Waals surface area contributed by atoms with E-state index in [1.165, 1.54) is 43.0 Å². The molecule has 1 aliphatic carbocycles. The molecule has 1 aliphatic rings. The van der Waals surface area contributed by atoms with Crippen molar-refractivity contribution in [2.24, 2.45) is 0 Å². The van der Waals surface area contributed by atoms with E-state index >= 15 is 0 Å². The van der Waals surface area contributed by atoms with Crippen molar-refractivity contribution >= 4 is 0 Å². The molecule has 0 bridgehead atoms. The highest BCUT2D eigenvalue weighted by Gasteiger charge is 2.05. The number of nitrogens with one attached hydrogen (secondary N) is 1. The molecule has 0 amide bonds. The van der Waals surface area contributed by atoms with Crippen LogP contribution in [-0.4, -0.2) is 11.7 Å². The van der Waals surface area contributed by atoms with Crippen LogP contribution in [0.1, 0.15) is 31.2 Å². The quantitative estimate of drug-likeness (QED) is 0.607. The van der Waals surface area contributed by atoms with E-state index in [-0.39, 0.29) is 11.6 Å². The van der Waals surface area contributed by atoms with Gasteiger partial charge in [0.2, 0.25) is 0 Å². The smallest absolute Gasteiger partial charge is 0.123 e. The molecule has 0 radical (unpaired) electrons. The number of rotatable bonds is 5. The van der Waals surface area contributed by atoms with Crippen LogP contribution in [0.25, 0.3) is 0 Å². The summed E-state index contributed by atoms with van der Waals surface area (Å²) < 4.78 is 13.0. The third kappa shape index (κ3) is 3.56. The van der Waals surface area contributed by atoms with Gasteiger partial charge in [-0.25, -0.2) is 4.39 Å². The van der Waals surface area contributed by atoms with E-state index in [4.69, 9.17) is 0 Å². The Balaban J connectivity index is 1.75. The van der Waals surface area contributed by atoms with Crippen LogP contribution in [0.4, 0.5) is 4.39 Å². The molecule has 1 aromatic rings. The summed E-state index contributed by atoms with van der Waals surface area (Å²) in [5.41, 5.74) is 2.13. The fraction of sp³-hybridized carbons (Fsp3) is 0.429. The Morgan fingerprint density at radius 2 is 2.24 bits per heavy atom. The number of allylic oxidation sites excluding steroid dienone is 1. The second-order valence-corrected chi connectivity index (χ2v) is 4.45. The van der Waals surface area contributed by atoms with E-state index in [0.717, 1.165) is 13.0 Å². The number of halogens is 1. The maximum absolute atomic E-state index is 13.0. The van der Waals surface area contributed by atoms with Crippen molar-refractivity contribution in [1.29, 1.82) is 0 Å². The second kappa shape index (κ2) is 5.82. The Labute approximate surface area is 101 Å². The predicted molar refractivity (Wildman–Crippen MR) is 66.3 cm³/mol. The van der Waals surface area contributed by atoms with Crippen LogP contribution in [0.2, 0.25) is 0 Å². The molecule has 0 aliphatic heterocycles. The van der Waals surface area contributed by atoms with Gasteiger partial charge in [-0.1, -0.05) is 11.6 Å². The van der Waals surface area contributed by atoms with Gasteiger partial charge < -0.3 is 10.4 Å². The van der Waals surface area contributed by atoms with Crippen LogP contribution in [0.15, 0.2) is 29.8 Å². The molecule has 0 heterocycles. The van der Waals surface area contributed by atoms with E-state index in [1.54, 1.807) is 0 Å². The number of hydrogen-bond acceptors (Lipinski definition) is 2. The van der Waals surface area contributed by atoms with Crippen molar-refractivity contribution in [3.63, 3.8) is 0 Å². The monoisotopic (exact) mass is 235 g/mol. The molecule has 0 fully saturated rings. The van der Waals surface area contributed by atoms with E-state index < -0.39 is 0 Å². The van der Waals surface area contributed by atoms with Crippen molar-refractivity contribution in [2.75, 3.05) is 6.54 Å². The van der Waals surface area contributed by atoms with Gasteiger partial charge in [0.05, 0.1) is 0 Å². The summed E-state index contributed by atoms with van der Waals surface area (Å²) in [6.07, 6.45) is 7.06. The van der Waals surface area contributed by atoms with Gasteiger partial charge in [-0.2, -0.15) is 0 Å². The molecule has 2 rings (SSSR count). The Bertz CT molecular complexity index is 415. The molecule has 1 aromatic carbocycles. The zero-order chi connectivity index (χ0) is 12.1. The summed E-state index contributed by atoms with van der Waals surface area (Å²) in [4.78, 5) is 0. The lowest BCUT2D eigenvalue weighted by Crippen LogP contribution is -2.15. The van der Waals surface area contributed by atoms with Crippen molar-refractivity contribution in [3.05, 3.63) is 41.2 Å². The van der Waals surface area contributed by atoms with E-state index in [1.807, 2.05) is 0 Å². The summed E-state index contributed by atoms with van der Waals surface area (Å²) in [7, 11) is 0. The Morgan fingerprint density at radius 1 is 1.35 bits per heavy atom. The molecule has 2 nitrogen and oxygen atoms in total. The van der Waals surface area contributed by atoms with Crippen LogP contribution in [0, 0.1) is 5.82 Å². The van der Waals surface area contributed by atoms with Gasteiger partial charge in [0.1, 0.15) is 11.6 Å². The van der Waals surface area contributed by atoms with Crippen LogP contribution in [0.3, 0.4) is 0 Å². The molecule has 92 valence electrons. The number of benzene rings is 1. The second-order valence-electron chi connectivity index (χ2n) is 4.45. The molecular weight excluding hydrogens is 217 g/mol. The molecular formula is C14H18FNO. The number of phenolic OH excluding ortho intramolecular Hbond substituents is 1. The van der Waals surface area contributed by atoms with Gasteiger partial charge in [-0.15, -0.1) is 0 Å². The van der Waals surface area contributed by atoms with Crippen LogP contribution in [-0.2, 0) is 6.54 Å². The minimum Gasteiger partial charge on any atom is -0.508 e. The lowest BCUT2D eigenvalue weighted by molar-refractivity contribution is 0.461. The minimum absolute atomic E-state index is 0.152. The van der Waals surface area contributed by atoms with Gasteiger partial charge in [-0.3, -0.25) is 0 Å². The number of hydrogen-bond donors (Lipinski definition) is 2. The van der Waals surface area contributed by atoms with Gasteiger partial charge in [0.15, 0.2) is 0 Å². The molecule has 2 N–H and O–H groups in total. The highest BCUT2D eigenvalue weighted by Crippen LogP contribution is 2.20. The van der Waals surface area contributed by atoms with Crippen molar-refractivity contribution in [3.8, 4) is 5.75 Å². The average Bonchev–Trinajstić information content (AvgIpc) is 2.82. The van der Waals surface area contributed by atoms with Crippen LogP contribution < -0.4 is 5.32 Å². The van der Waals surface area contributed by atoms with Crippen molar-refractivity contribution in [2.45, 2.75) is 32.2 Å². The first-order chi connectivity index (χ1) is 8.25. The zero-order valence-corrected chi connectivity index (χ0v) is 9.88. The van der Waals surface area contributed by atoms with Gasteiger partial charge in [0, 0.05) is 12.1 Å². The standard InChI is InChI=1S/C14H18FNO/c15-13-5-6-14(17)12(9-13)10-16-8-7-11-3-1-2-4-11/h3,5-6,9,16-17H,1-2,4,7-8,10H2. The van der Waals surface area contributed by atoms with E-state index in [9.17, 15) is 9.50 Å². The van der Waals surface area contributed by atoms with Gasteiger partial charge >= 0.3 is 0 Å². The first kappa shape index (κ1) is 12.1. The first-order valence-corrected chi connectivity index (χ1v) is 6.12. The third-order valence-corrected chi connectivity index (χ3v) is 3.11. The van der Waals surface area contributed by atoms with E-state index in [2.05, 4.69) is 11.4 Å². The maximum Gasteiger partial charge on any atom is 0.123 e. The van der Waals surface area contributed by atoms with Crippen LogP contribution >= 0.6 is 0 Å². The summed E-state index contributed by atoms with van der Waals surface area (Å²) in [5.74, 6) is -0.155.